The van der Waals surface area contributed by atoms with Gasteiger partial charge in [0.05, 0.1) is 0 Å². The third-order valence-electron chi connectivity index (χ3n) is 3.55. The van der Waals surface area contributed by atoms with Crippen molar-refractivity contribution < 1.29 is 0 Å². The van der Waals surface area contributed by atoms with Gasteiger partial charge >= 0.3 is 0 Å². The summed E-state index contributed by atoms with van der Waals surface area (Å²) < 4.78 is 1.02. The molecule has 0 spiro atoms. The maximum absolute atomic E-state index is 5.97. The molecule has 1 unspecified atom stereocenters. The van der Waals surface area contributed by atoms with Gasteiger partial charge in [-0.1, -0.05) is 45.2 Å². The summed E-state index contributed by atoms with van der Waals surface area (Å²) >= 11 is 9.52. The Bertz CT molecular complexity index is 459. The van der Waals surface area contributed by atoms with Gasteiger partial charge in [-0.2, -0.15) is 0 Å². The molecule has 0 saturated heterocycles. The van der Waals surface area contributed by atoms with Gasteiger partial charge in [-0.05, 0) is 49.9 Å². The Morgan fingerprint density at radius 2 is 2.26 bits per heavy atom. The van der Waals surface area contributed by atoms with E-state index in [1.165, 1.54) is 24.8 Å². The van der Waals surface area contributed by atoms with E-state index in [0.717, 1.165) is 22.5 Å². The number of nitrogens with two attached hydrogens (primary N) is 1. The zero-order chi connectivity index (χ0) is 13.7. The van der Waals surface area contributed by atoms with Crippen molar-refractivity contribution in [2.75, 3.05) is 13.1 Å². The van der Waals surface area contributed by atoms with Crippen LogP contribution in [0.15, 0.2) is 34.3 Å². The largest absolute Gasteiger partial charge is 0.329 e. The molecular weight excluding hydrogens is 324 g/mol. The van der Waals surface area contributed by atoms with Gasteiger partial charge in [0, 0.05) is 22.1 Å². The molecule has 1 atom stereocenters. The zero-order valence-electron chi connectivity index (χ0n) is 11.0. The van der Waals surface area contributed by atoms with E-state index in [1.807, 2.05) is 18.2 Å². The molecule has 0 amide bonds. The van der Waals surface area contributed by atoms with E-state index in [4.69, 9.17) is 17.3 Å². The molecule has 19 heavy (non-hydrogen) atoms. The number of nitrogens with one attached hydrogen (secondary N) is 1. The minimum absolute atomic E-state index is 0.175. The molecule has 0 bridgehead atoms. The van der Waals surface area contributed by atoms with Crippen LogP contribution in [0.4, 0.5) is 0 Å². The second-order valence-electron chi connectivity index (χ2n) is 4.91. The molecule has 3 N–H and O–H groups in total. The molecule has 2 nitrogen and oxygen atoms in total. The smallest absolute Gasteiger partial charge is 0.0455 e. The summed E-state index contributed by atoms with van der Waals surface area (Å²) in [5, 5.41) is 4.27. The van der Waals surface area contributed by atoms with E-state index in [-0.39, 0.29) is 6.04 Å². The van der Waals surface area contributed by atoms with Crippen molar-refractivity contribution >= 4 is 27.5 Å². The highest BCUT2D eigenvalue weighted by Gasteiger charge is 2.13. The number of halogens is 2. The summed E-state index contributed by atoms with van der Waals surface area (Å²) in [4.78, 5) is 0. The lowest BCUT2D eigenvalue weighted by Gasteiger charge is -2.19. The zero-order valence-corrected chi connectivity index (χ0v) is 13.3. The van der Waals surface area contributed by atoms with Crippen LogP contribution in [0.1, 0.15) is 37.3 Å². The lowest BCUT2D eigenvalue weighted by molar-refractivity contribution is 0.540. The van der Waals surface area contributed by atoms with Crippen LogP contribution in [0.5, 0.6) is 0 Å². The SMILES string of the molecule is NCC(NCCC1=CCCC1)c1ccc(Cl)cc1Br. The standard InChI is InChI=1S/C15H20BrClN2/c16-14-9-12(17)5-6-13(14)15(10-18)19-8-7-11-3-1-2-4-11/h3,5-6,9,15,19H,1-2,4,7-8,10,18H2. The first-order valence-electron chi connectivity index (χ1n) is 6.77. The Kier molecular flexibility index (Phi) is 5.89. The van der Waals surface area contributed by atoms with E-state index in [2.05, 4.69) is 27.3 Å². The van der Waals surface area contributed by atoms with Crippen molar-refractivity contribution in [2.24, 2.45) is 5.73 Å². The van der Waals surface area contributed by atoms with Crippen LogP contribution < -0.4 is 11.1 Å². The Labute approximate surface area is 128 Å². The van der Waals surface area contributed by atoms with E-state index in [0.29, 0.717) is 6.54 Å². The summed E-state index contributed by atoms with van der Waals surface area (Å²) in [6.45, 7) is 1.56. The first-order valence-corrected chi connectivity index (χ1v) is 7.94. The normalized spacial score (nSPS) is 16.5. The predicted molar refractivity (Wildman–Crippen MR) is 85.5 cm³/mol. The van der Waals surface area contributed by atoms with Gasteiger partial charge in [-0.25, -0.2) is 0 Å². The molecule has 104 valence electrons. The number of hydrogen-bond donors (Lipinski definition) is 2. The molecule has 2 rings (SSSR count). The Morgan fingerprint density at radius 1 is 1.42 bits per heavy atom. The summed E-state index contributed by atoms with van der Waals surface area (Å²) in [6, 6.07) is 6.03. The van der Waals surface area contributed by atoms with E-state index in [1.54, 1.807) is 5.57 Å². The van der Waals surface area contributed by atoms with Crippen LogP contribution in [0.2, 0.25) is 5.02 Å². The second-order valence-corrected chi connectivity index (χ2v) is 6.20. The minimum atomic E-state index is 0.175. The fourth-order valence-corrected chi connectivity index (χ4v) is 3.43. The summed E-state index contributed by atoms with van der Waals surface area (Å²) in [5.74, 6) is 0. The Hall–Kier alpha value is -0.350. The topological polar surface area (TPSA) is 38.0 Å². The third kappa shape index (κ3) is 4.32. The average molecular weight is 344 g/mol. The fourth-order valence-electron chi connectivity index (χ4n) is 2.48. The summed E-state index contributed by atoms with van der Waals surface area (Å²) in [7, 11) is 0. The van der Waals surface area contributed by atoms with Crippen molar-refractivity contribution in [3.8, 4) is 0 Å². The minimum Gasteiger partial charge on any atom is -0.329 e. The van der Waals surface area contributed by atoms with Crippen LogP contribution in [0.3, 0.4) is 0 Å². The van der Waals surface area contributed by atoms with Crippen molar-refractivity contribution in [3.05, 3.63) is 44.9 Å². The highest BCUT2D eigenvalue weighted by molar-refractivity contribution is 9.10. The summed E-state index contributed by atoms with van der Waals surface area (Å²) in [6.07, 6.45) is 7.33. The number of allylic oxidation sites excluding steroid dienone is 1. The molecule has 0 saturated carbocycles. The van der Waals surface area contributed by atoms with Gasteiger partial charge < -0.3 is 11.1 Å². The molecule has 0 aromatic heterocycles. The quantitative estimate of drug-likeness (QED) is 0.760. The maximum Gasteiger partial charge on any atom is 0.0455 e. The molecular formula is C15H20BrClN2. The molecule has 1 aromatic carbocycles. The van der Waals surface area contributed by atoms with Gasteiger partial charge in [-0.15, -0.1) is 0 Å². The van der Waals surface area contributed by atoms with Gasteiger partial charge in [-0.3, -0.25) is 0 Å². The van der Waals surface area contributed by atoms with Crippen molar-refractivity contribution in [2.45, 2.75) is 31.7 Å². The third-order valence-corrected chi connectivity index (χ3v) is 4.47. The lowest BCUT2D eigenvalue weighted by atomic mass is 10.1. The van der Waals surface area contributed by atoms with Crippen LogP contribution in [0, 0.1) is 0 Å². The molecule has 4 heteroatoms. The molecule has 1 aliphatic rings. The van der Waals surface area contributed by atoms with Crippen LogP contribution >= 0.6 is 27.5 Å². The highest BCUT2D eigenvalue weighted by Crippen LogP contribution is 2.26. The van der Waals surface area contributed by atoms with Gasteiger partial charge in [0.2, 0.25) is 0 Å². The molecule has 0 heterocycles. The molecule has 1 aliphatic carbocycles. The van der Waals surface area contributed by atoms with Crippen molar-refractivity contribution in [3.63, 3.8) is 0 Å². The average Bonchev–Trinajstić information content (AvgIpc) is 2.89. The number of rotatable bonds is 6. The van der Waals surface area contributed by atoms with Crippen LogP contribution in [0.25, 0.3) is 0 Å². The first-order chi connectivity index (χ1) is 9.20. The Balaban J connectivity index is 1.91. The predicted octanol–water partition coefficient (Wildman–Crippen LogP) is 4.19. The van der Waals surface area contributed by atoms with E-state index >= 15 is 0 Å². The van der Waals surface area contributed by atoms with E-state index < -0.39 is 0 Å². The molecule has 1 aromatic rings. The van der Waals surface area contributed by atoms with Crippen LogP contribution in [-0.2, 0) is 0 Å². The summed E-state index contributed by atoms with van der Waals surface area (Å²) in [5.41, 5.74) is 8.63. The lowest BCUT2D eigenvalue weighted by Crippen LogP contribution is -2.29. The number of benzene rings is 1. The van der Waals surface area contributed by atoms with Crippen LogP contribution in [-0.4, -0.2) is 13.1 Å². The number of hydrogen-bond acceptors (Lipinski definition) is 2. The Morgan fingerprint density at radius 3 is 2.89 bits per heavy atom. The maximum atomic E-state index is 5.97. The monoisotopic (exact) mass is 342 g/mol. The highest BCUT2D eigenvalue weighted by atomic mass is 79.9. The van der Waals surface area contributed by atoms with Crippen molar-refractivity contribution in [1.29, 1.82) is 0 Å². The van der Waals surface area contributed by atoms with Gasteiger partial charge in [0.1, 0.15) is 0 Å². The molecule has 0 aliphatic heterocycles. The molecule has 0 fully saturated rings. The van der Waals surface area contributed by atoms with Gasteiger partial charge in [0.15, 0.2) is 0 Å². The fraction of sp³-hybridized carbons (Fsp3) is 0.467. The first kappa shape index (κ1) is 15.0. The second kappa shape index (κ2) is 7.44. The van der Waals surface area contributed by atoms with Gasteiger partial charge in [0.25, 0.3) is 0 Å². The van der Waals surface area contributed by atoms with Crippen molar-refractivity contribution in [1.82, 2.24) is 5.32 Å². The molecule has 0 radical (unpaired) electrons. The van der Waals surface area contributed by atoms with E-state index in [9.17, 15) is 0 Å².